The summed E-state index contributed by atoms with van der Waals surface area (Å²) in [5, 5.41) is 18.4. The van der Waals surface area contributed by atoms with Gasteiger partial charge in [0.1, 0.15) is 49.2 Å². The molecular weight excluding hydrogens is 899 g/mol. The van der Waals surface area contributed by atoms with Gasteiger partial charge in [-0.15, -0.1) is 0 Å². The molecule has 4 aromatic carbocycles. The van der Waals surface area contributed by atoms with Crippen molar-refractivity contribution in [1.82, 2.24) is 16.0 Å². The number of carboxylic acid groups (broad SMARTS) is 1. The first-order valence-corrected chi connectivity index (χ1v) is 22.7. The number of aliphatic carboxylic acids is 1. The number of alkyl carbamates (subject to hydrolysis) is 1. The summed E-state index contributed by atoms with van der Waals surface area (Å²) in [5.74, 6) is -3.46. The Morgan fingerprint density at radius 2 is 1.13 bits per heavy atom. The van der Waals surface area contributed by atoms with E-state index < -0.39 is 116 Å². The van der Waals surface area contributed by atoms with E-state index in [1.165, 1.54) is 20.8 Å². The molecule has 4 saturated heterocycles. The van der Waals surface area contributed by atoms with E-state index in [1.54, 1.807) is 0 Å². The number of hydrogen-bond donors (Lipinski definition) is 4. The standard InChI is InChI=1S/C50H53N3O16/c1-26(54)51-39-44(69-49-40(52-27(2)55)43(64-28(3)56)41-38(66-49)25-62-46(67-41)29-14-6-4-7-15-29)42-37(24-61-47(68-42)30-16-8-5-9-17-30)65-48(39)60-23-36(45(57)58)53-50(59)63-22-35-33-20-12-10-18-31(33)32-19-11-13-21-34(32)35/h4-21,35-44,46-49H,22-25H2,1-3H3,(H,51,54)(H,52,55)(H,53,59)(H,57,58)/t36-,37+,38+,39+,40+,41-,42-,43+,44+,46?,47?,48-,49+/m0/s1. The lowest BCUT2D eigenvalue weighted by atomic mass is 9.93. The third kappa shape index (κ3) is 10.7. The van der Waals surface area contributed by atoms with Gasteiger partial charge >= 0.3 is 18.0 Å². The van der Waals surface area contributed by atoms with E-state index >= 15 is 0 Å². The van der Waals surface area contributed by atoms with Gasteiger partial charge in [0.05, 0.1) is 19.8 Å². The van der Waals surface area contributed by atoms with Crippen molar-refractivity contribution in [2.45, 2.75) is 107 Å². The monoisotopic (exact) mass is 951 g/mol. The van der Waals surface area contributed by atoms with Gasteiger partial charge in [-0.1, -0.05) is 109 Å². The zero-order valence-corrected chi connectivity index (χ0v) is 37.9. The normalized spacial score (nSPS) is 29.7. The number of rotatable bonds is 14. The average molecular weight is 952 g/mol. The van der Waals surface area contributed by atoms with Crippen LogP contribution in [-0.4, -0.2) is 129 Å². The van der Waals surface area contributed by atoms with Gasteiger partial charge in [0, 0.05) is 37.8 Å². The van der Waals surface area contributed by atoms with Crippen LogP contribution in [-0.2, 0) is 66.5 Å². The first-order chi connectivity index (χ1) is 33.4. The fourth-order valence-corrected chi connectivity index (χ4v) is 9.53. The maximum Gasteiger partial charge on any atom is 0.407 e. The molecule has 13 atom stereocenters. The van der Waals surface area contributed by atoms with E-state index in [0.29, 0.717) is 11.1 Å². The molecule has 4 N–H and O–H groups in total. The molecule has 0 spiro atoms. The highest BCUT2D eigenvalue weighted by Gasteiger charge is 2.57. The van der Waals surface area contributed by atoms with Crippen molar-refractivity contribution in [3.8, 4) is 11.1 Å². The van der Waals surface area contributed by atoms with Crippen molar-refractivity contribution < 1.29 is 76.4 Å². The van der Waals surface area contributed by atoms with Crippen LogP contribution >= 0.6 is 0 Å². The Hall–Kier alpha value is -6.29. The third-order valence-electron chi connectivity index (χ3n) is 12.5. The van der Waals surface area contributed by atoms with E-state index in [-0.39, 0.29) is 25.7 Å². The predicted octanol–water partition coefficient (Wildman–Crippen LogP) is 4.00. The van der Waals surface area contributed by atoms with E-state index in [2.05, 4.69) is 16.0 Å². The van der Waals surface area contributed by atoms with Crippen LogP contribution in [0.2, 0.25) is 0 Å². The van der Waals surface area contributed by atoms with Gasteiger partial charge in [-0.3, -0.25) is 14.4 Å². The Morgan fingerprint density at radius 1 is 0.638 bits per heavy atom. The van der Waals surface area contributed by atoms with E-state index in [4.69, 9.17) is 47.4 Å². The van der Waals surface area contributed by atoms with Crippen molar-refractivity contribution in [2.75, 3.05) is 26.4 Å². The number of benzene rings is 4. The molecule has 2 unspecified atom stereocenters. The number of fused-ring (bicyclic) bond motifs is 5. The Kier molecular flexibility index (Phi) is 14.6. The molecule has 4 aromatic rings. The van der Waals surface area contributed by atoms with Crippen molar-refractivity contribution in [3.05, 3.63) is 131 Å². The second-order valence-electron chi connectivity index (χ2n) is 17.3. The lowest BCUT2D eigenvalue weighted by Gasteiger charge is -2.53. The molecular formula is C50H53N3O16. The number of amides is 3. The number of carboxylic acids is 1. The highest BCUT2D eigenvalue weighted by atomic mass is 16.8. The largest absolute Gasteiger partial charge is 0.480 e. The number of ether oxygens (including phenoxy) is 10. The number of nitrogens with one attached hydrogen (secondary N) is 3. The van der Waals surface area contributed by atoms with Crippen molar-refractivity contribution in [2.24, 2.45) is 0 Å². The molecule has 19 heteroatoms. The smallest absolute Gasteiger partial charge is 0.407 e. The maximum atomic E-state index is 13.3. The van der Waals surface area contributed by atoms with Crippen molar-refractivity contribution >= 4 is 29.8 Å². The summed E-state index contributed by atoms with van der Waals surface area (Å²) in [7, 11) is 0. The molecule has 4 aliphatic heterocycles. The number of carbonyl (C=O) groups is 5. The van der Waals surface area contributed by atoms with Crippen LogP contribution in [0.4, 0.5) is 4.79 Å². The minimum absolute atomic E-state index is 0.0387. The number of esters is 1. The summed E-state index contributed by atoms with van der Waals surface area (Å²) >= 11 is 0. The van der Waals surface area contributed by atoms with E-state index in [1.807, 2.05) is 109 Å². The second-order valence-corrected chi connectivity index (χ2v) is 17.3. The van der Waals surface area contributed by atoms with Crippen LogP contribution in [0, 0.1) is 0 Å². The lowest BCUT2D eigenvalue weighted by molar-refractivity contribution is -0.384. The molecule has 364 valence electrons. The number of carbonyl (C=O) groups excluding carboxylic acids is 4. The lowest BCUT2D eigenvalue weighted by Crippen LogP contribution is -2.72. The summed E-state index contributed by atoms with van der Waals surface area (Å²) in [6, 6.07) is 29.7. The first kappa shape index (κ1) is 47.8. The number of hydrogen-bond acceptors (Lipinski definition) is 15. The minimum Gasteiger partial charge on any atom is -0.480 e. The van der Waals surface area contributed by atoms with Gasteiger partial charge in [-0.25, -0.2) is 9.59 Å². The minimum atomic E-state index is -1.65. The summed E-state index contributed by atoms with van der Waals surface area (Å²) in [4.78, 5) is 64.8. The van der Waals surface area contributed by atoms with Crippen LogP contribution in [0.15, 0.2) is 109 Å². The third-order valence-corrected chi connectivity index (χ3v) is 12.5. The summed E-state index contributed by atoms with van der Waals surface area (Å²) < 4.78 is 62.7. The molecule has 0 aromatic heterocycles. The quantitative estimate of drug-likeness (QED) is 0.131. The van der Waals surface area contributed by atoms with Crippen LogP contribution < -0.4 is 16.0 Å². The van der Waals surface area contributed by atoms with Crippen LogP contribution in [0.3, 0.4) is 0 Å². The Bertz CT molecular complexity index is 2430. The topological polar surface area (TPSA) is 234 Å². The molecule has 9 rings (SSSR count). The summed E-state index contributed by atoms with van der Waals surface area (Å²) in [5.41, 5.74) is 5.37. The Labute approximate surface area is 396 Å². The molecule has 0 radical (unpaired) electrons. The molecule has 1 aliphatic carbocycles. The van der Waals surface area contributed by atoms with Gasteiger partial charge in [-0.2, -0.15) is 0 Å². The fourth-order valence-electron chi connectivity index (χ4n) is 9.53. The second kappa shape index (κ2) is 21.1. The molecule has 19 nitrogen and oxygen atoms in total. The van der Waals surface area contributed by atoms with Gasteiger partial charge in [0.2, 0.25) is 11.8 Å². The van der Waals surface area contributed by atoms with Crippen molar-refractivity contribution in [3.63, 3.8) is 0 Å². The zero-order valence-electron chi connectivity index (χ0n) is 37.9. The zero-order chi connectivity index (χ0) is 48.2. The highest BCUT2D eigenvalue weighted by Crippen LogP contribution is 2.45. The summed E-state index contributed by atoms with van der Waals surface area (Å²) in [6.07, 6.45) is -12.0. The van der Waals surface area contributed by atoms with Crippen molar-refractivity contribution in [1.29, 1.82) is 0 Å². The SMILES string of the molecule is CC(=O)N[C@H]1[C@@H](O[C@@H]2[C@@H](NC(C)=O)[C@@H](OC[C@H](NC(=O)OCC3c4ccccc4-c4ccccc43)C(=O)O)O[C@@H]3COC(c4ccccc4)O[C@H]23)O[C@@H]2COC(c3ccccc3)O[C@@H]2[C@@H]1OC(C)=O. The molecule has 4 heterocycles. The van der Waals surface area contributed by atoms with Gasteiger partial charge in [0.25, 0.3) is 0 Å². The molecule has 3 amide bonds. The van der Waals surface area contributed by atoms with Crippen LogP contribution in [0.25, 0.3) is 11.1 Å². The fraction of sp³-hybridized carbons (Fsp3) is 0.420. The molecule has 5 aliphatic rings. The molecule has 0 saturated carbocycles. The highest BCUT2D eigenvalue weighted by molar-refractivity contribution is 5.81. The van der Waals surface area contributed by atoms with E-state index in [9.17, 15) is 29.1 Å². The molecule has 69 heavy (non-hydrogen) atoms. The predicted molar refractivity (Wildman–Crippen MR) is 239 cm³/mol. The van der Waals surface area contributed by atoms with Gasteiger partial charge < -0.3 is 68.4 Å². The van der Waals surface area contributed by atoms with Gasteiger partial charge in [0.15, 0.2) is 37.3 Å². The molecule has 4 fully saturated rings. The first-order valence-electron chi connectivity index (χ1n) is 22.7. The Balaban J connectivity index is 0.967. The molecule has 0 bridgehead atoms. The van der Waals surface area contributed by atoms with Gasteiger partial charge in [-0.05, 0) is 22.3 Å². The maximum absolute atomic E-state index is 13.3. The summed E-state index contributed by atoms with van der Waals surface area (Å²) in [6.45, 7) is 2.91. The Morgan fingerprint density at radius 3 is 1.65 bits per heavy atom. The van der Waals surface area contributed by atoms with Crippen LogP contribution in [0.1, 0.15) is 61.5 Å². The average Bonchev–Trinajstić information content (AvgIpc) is 3.67. The van der Waals surface area contributed by atoms with Crippen LogP contribution in [0.5, 0.6) is 0 Å². The van der Waals surface area contributed by atoms with E-state index in [0.717, 1.165) is 22.3 Å².